The first kappa shape index (κ1) is 15.1. The SMILES string of the molecule is O=C(Cn1cc(-c2cccs2)nn1)N1CCc2ccccc2CC1. The number of aromatic nitrogens is 3. The van der Waals surface area contributed by atoms with Gasteiger partial charge in [0.25, 0.3) is 0 Å². The molecule has 4 rings (SSSR count). The van der Waals surface area contributed by atoms with Crippen LogP contribution in [0.2, 0.25) is 0 Å². The number of thiophene rings is 1. The molecule has 0 radical (unpaired) electrons. The van der Waals surface area contributed by atoms with Gasteiger partial charge in [-0.2, -0.15) is 0 Å². The summed E-state index contributed by atoms with van der Waals surface area (Å²) >= 11 is 1.62. The summed E-state index contributed by atoms with van der Waals surface area (Å²) in [4.78, 5) is 15.6. The van der Waals surface area contributed by atoms with E-state index in [0.29, 0.717) is 0 Å². The second-order valence-electron chi connectivity index (χ2n) is 5.93. The molecule has 1 amide bonds. The number of fused-ring (bicyclic) bond motifs is 1. The summed E-state index contributed by atoms with van der Waals surface area (Å²) in [5, 5.41) is 10.3. The van der Waals surface area contributed by atoms with E-state index in [1.807, 2.05) is 28.6 Å². The smallest absolute Gasteiger partial charge is 0.244 e. The molecular formula is C18H18N4OS. The van der Waals surface area contributed by atoms with Crippen LogP contribution >= 0.6 is 11.3 Å². The average Bonchev–Trinajstić information content (AvgIpc) is 3.23. The van der Waals surface area contributed by atoms with E-state index in [0.717, 1.165) is 36.5 Å². The molecule has 0 spiro atoms. The fourth-order valence-corrected chi connectivity index (χ4v) is 3.74. The van der Waals surface area contributed by atoms with Crippen molar-refractivity contribution in [2.45, 2.75) is 19.4 Å². The first-order chi connectivity index (χ1) is 11.8. The van der Waals surface area contributed by atoms with Crippen molar-refractivity contribution in [2.24, 2.45) is 0 Å². The standard InChI is InChI=1S/C18H18N4OS/c23-18(13-22-12-16(19-20-22)17-6-3-11-24-17)21-9-7-14-4-1-2-5-15(14)8-10-21/h1-6,11-12H,7-10,13H2. The molecule has 3 heterocycles. The Hall–Kier alpha value is -2.47. The van der Waals surface area contributed by atoms with Crippen LogP contribution in [0.15, 0.2) is 48.0 Å². The van der Waals surface area contributed by atoms with Gasteiger partial charge in [-0.05, 0) is 35.4 Å². The van der Waals surface area contributed by atoms with Crippen LogP contribution in [-0.4, -0.2) is 38.9 Å². The molecule has 122 valence electrons. The summed E-state index contributed by atoms with van der Waals surface area (Å²) in [5.41, 5.74) is 3.53. The molecule has 0 fully saturated rings. The van der Waals surface area contributed by atoms with Crippen molar-refractivity contribution in [3.05, 3.63) is 59.1 Å². The molecule has 1 aliphatic rings. The Morgan fingerprint density at radius 3 is 2.50 bits per heavy atom. The van der Waals surface area contributed by atoms with Crippen LogP contribution in [-0.2, 0) is 24.2 Å². The molecule has 0 saturated heterocycles. The van der Waals surface area contributed by atoms with Gasteiger partial charge in [-0.25, -0.2) is 4.68 Å². The predicted octanol–water partition coefficient (Wildman–Crippen LogP) is 2.63. The van der Waals surface area contributed by atoms with Crippen LogP contribution in [0.1, 0.15) is 11.1 Å². The van der Waals surface area contributed by atoms with Crippen molar-refractivity contribution in [3.63, 3.8) is 0 Å². The highest BCUT2D eigenvalue weighted by Crippen LogP contribution is 2.21. The fraction of sp³-hybridized carbons (Fsp3) is 0.278. The maximum atomic E-state index is 12.6. The van der Waals surface area contributed by atoms with E-state index in [4.69, 9.17) is 0 Å². The lowest BCUT2D eigenvalue weighted by Crippen LogP contribution is -2.36. The van der Waals surface area contributed by atoms with Crippen molar-refractivity contribution < 1.29 is 4.79 Å². The van der Waals surface area contributed by atoms with E-state index in [-0.39, 0.29) is 12.5 Å². The number of carbonyl (C=O) groups is 1. The average molecular weight is 338 g/mol. The van der Waals surface area contributed by atoms with Gasteiger partial charge in [-0.3, -0.25) is 4.79 Å². The zero-order valence-corrected chi connectivity index (χ0v) is 14.1. The number of carbonyl (C=O) groups excluding carboxylic acids is 1. The molecule has 0 N–H and O–H groups in total. The Balaban J connectivity index is 1.42. The minimum atomic E-state index is 0.102. The number of hydrogen-bond acceptors (Lipinski definition) is 4. The van der Waals surface area contributed by atoms with Crippen LogP contribution in [0, 0.1) is 0 Å². The highest BCUT2D eigenvalue weighted by atomic mass is 32.1. The van der Waals surface area contributed by atoms with E-state index >= 15 is 0 Å². The molecule has 1 aliphatic heterocycles. The normalized spacial score (nSPS) is 14.2. The highest BCUT2D eigenvalue weighted by molar-refractivity contribution is 7.13. The van der Waals surface area contributed by atoms with Crippen LogP contribution in [0.3, 0.4) is 0 Å². The highest BCUT2D eigenvalue weighted by Gasteiger charge is 2.19. The van der Waals surface area contributed by atoms with Gasteiger partial charge in [-0.1, -0.05) is 35.5 Å². The van der Waals surface area contributed by atoms with Crippen LogP contribution in [0.25, 0.3) is 10.6 Å². The van der Waals surface area contributed by atoms with Crippen LogP contribution < -0.4 is 0 Å². The van der Waals surface area contributed by atoms with Gasteiger partial charge in [0.05, 0.1) is 11.1 Å². The second-order valence-corrected chi connectivity index (χ2v) is 6.88. The quantitative estimate of drug-likeness (QED) is 0.738. The molecule has 1 aromatic carbocycles. The molecule has 0 atom stereocenters. The summed E-state index contributed by atoms with van der Waals surface area (Å²) < 4.78 is 1.63. The second kappa shape index (κ2) is 6.57. The summed E-state index contributed by atoms with van der Waals surface area (Å²) in [6.07, 6.45) is 3.68. The largest absolute Gasteiger partial charge is 0.340 e. The molecule has 24 heavy (non-hydrogen) atoms. The number of amides is 1. The van der Waals surface area contributed by atoms with E-state index < -0.39 is 0 Å². The molecule has 0 unspecified atom stereocenters. The van der Waals surface area contributed by atoms with Gasteiger partial charge in [0.1, 0.15) is 12.2 Å². The lowest BCUT2D eigenvalue weighted by Gasteiger charge is -2.19. The van der Waals surface area contributed by atoms with Gasteiger partial charge < -0.3 is 4.90 Å². The lowest BCUT2D eigenvalue weighted by atomic mass is 10.0. The number of nitrogens with zero attached hydrogens (tertiary/aromatic N) is 4. The lowest BCUT2D eigenvalue weighted by molar-refractivity contribution is -0.131. The van der Waals surface area contributed by atoms with Crippen molar-refractivity contribution in [1.82, 2.24) is 19.9 Å². The first-order valence-corrected chi connectivity index (χ1v) is 8.96. The predicted molar refractivity (Wildman–Crippen MR) is 93.8 cm³/mol. The summed E-state index contributed by atoms with van der Waals surface area (Å²) in [5.74, 6) is 0.102. The Labute approximate surface area is 144 Å². The third-order valence-corrected chi connectivity index (χ3v) is 5.28. The molecular weight excluding hydrogens is 320 g/mol. The third-order valence-electron chi connectivity index (χ3n) is 4.38. The topological polar surface area (TPSA) is 51.0 Å². The monoisotopic (exact) mass is 338 g/mol. The fourth-order valence-electron chi connectivity index (χ4n) is 3.07. The maximum Gasteiger partial charge on any atom is 0.244 e. The molecule has 5 nitrogen and oxygen atoms in total. The van der Waals surface area contributed by atoms with E-state index in [9.17, 15) is 4.79 Å². The molecule has 6 heteroatoms. The molecule has 2 aromatic heterocycles. The van der Waals surface area contributed by atoms with Crippen molar-refractivity contribution in [3.8, 4) is 10.6 Å². The van der Waals surface area contributed by atoms with E-state index in [2.05, 4.69) is 34.6 Å². The maximum absolute atomic E-state index is 12.6. The van der Waals surface area contributed by atoms with Crippen molar-refractivity contribution in [1.29, 1.82) is 0 Å². The first-order valence-electron chi connectivity index (χ1n) is 8.08. The number of hydrogen-bond donors (Lipinski definition) is 0. The molecule has 3 aromatic rings. The molecule has 0 aliphatic carbocycles. The van der Waals surface area contributed by atoms with Gasteiger partial charge in [0.15, 0.2) is 0 Å². The van der Waals surface area contributed by atoms with Crippen molar-refractivity contribution in [2.75, 3.05) is 13.1 Å². The Morgan fingerprint density at radius 1 is 1.08 bits per heavy atom. The Kier molecular flexibility index (Phi) is 4.13. The van der Waals surface area contributed by atoms with E-state index in [1.165, 1.54) is 11.1 Å². The Morgan fingerprint density at radius 2 is 1.83 bits per heavy atom. The Bertz CT molecular complexity index is 813. The molecule has 0 saturated carbocycles. The van der Waals surface area contributed by atoms with Gasteiger partial charge >= 0.3 is 0 Å². The van der Waals surface area contributed by atoms with Gasteiger partial charge in [-0.15, -0.1) is 16.4 Å². The molecule has 0 bridgehead atoms. The van der Waals surface area contributed by atoms with E-state index in [1.54, 1.807) is 16.0 Å². The summed E-state index contributed by atoms with van der Waals surface area (Å²) in [6, 6.07) is 12.4. The summed E-state index contributed by atoms with van der Waals surface area (Å²) in [6.45, 7) is 1.78. The number of benzene rings is 1. The van der Waals surface area contributed by atoms with Crippen LogP contribution in [0.5, 0.6) is 0 Å². The third kappa shape index (κ3) is 3.10. The summed E-state index contributed by atoms with van der Waals surface area (Å²) in [7, 11) is 0. The minimum absolute atomic E-state index is 0.102. The van der Waals surface area contributed by atoms with Gasteiger partial charge in [0.2, 0.25) is 5.91 Å². The van der Waals surface area contributed by atoms with Crippen LogP contribution in [0.4, 0.5) is 0 Å². The van der Waals surface area contributed by atoms with Gasteiger partial charge in [0, 0.05) is 13.1 Å². The minimum Gasteiger partial charge on any atom is -0.340 e. The zero-order valence-electron chi connectivity index (χ0n) is 13.3. The zero-order chi connectivity index (χ0) is 16.4. The number of rotatable bonds is 3. The van der Waals surface area contributed by atoms with Crippen molar-refractivity contribution >= 4 is 17.2 Å².